The minimum atomic E-state index is 0.648. The van der Waals surface area contributed by atoms with E-state index in [1.807, 2.05) is 0 Å². The van der Waals surface area contributed by atoms with E-state index in [1.165, 1.54) is 37.9 Å². The number of aryl methyl sites for hydroxylation is 1. The van der Waals surface area contributed by atoms with E-state index in [-0.39, 0.29) is 0 Å². The molecule has 1 aromatic rings. The van der Waals surface area contributed by atoms with E-state index in [4.69, 9.17) is 0 Å². The van der Waals surface area contributed by atoms with E-state index in [9.17, 15) is 0 Å². The van der Waals surface area contributed by atoms with Gasteiger partial charge in [0.05, 0.1) is 0 Å². The molecule has 0 saturated carbocycles. The number of hydrogen-bond donors (Lipinski definition) is 1. The van der Waals surface area contributed by atoms with Crippen molar-refractivity contribution in [1.29, 1.82) is 0 Å². The molecule has 1 aliphatic heterocycles. The van der Waals surface area contributed by atoms with Crippen LogP contribution in [0.25, 0.3) is 0 Å². The lowest BCUT2D eigenvalue weighted by atomic mass is 10.1. The van der Waals surface area contributed by atoms with Gasteiger partial charge in [-0.1, -0.05) is 30.3 Å². The van der Waals surface area contributed by atoms with Crippen molar-refractivity contribution in [2.45, 2.75) is 45.2 Å². The molecule has 0 amide bonds. The minimum absolute atomic E-state index is 0.648. The summed E-state index contributed by atoms with van der Waals surface area (Å²) in [5, 5.41) is 3.54. The van der Waals surface area contributed by atoms with Crippen molar-refractivity contribution in [2.75, 3.05) is 19.6 Å². The summed E-state index contributed by atoms with van der Waals surface area (Å²) in [5.41, 5.74) is 1.47. The molecule has 0 radical (unpaired) electrons. The Morgan fingerprint density at radius 2 is 1.94 bits per heavy atom. The molecule has 18 heavy (non-hydrogen) atoms. The zero-order valence-electron chi connectivity index (χ0n) is 11.7. The molecule has 2 nitrogen and oxygen atoms in total. The first-order valence-electron chi connectivity index (χ1n) is 7.27. The van der Waals surface area contributed by atoms with E-state index < -0.39 is 0 Å². The quantitative estimate of drug-likeness (QED) is 0.804. The third-order valence-electron chi connectivity index (χ3n) is 3.90. The SMILES string of the molecule is CC1CN(CCCCc2ccccc2)C(C)CN1. The van der Waals surface area contributed by atoms with Crippen LogP contribution in [0.5, 0.6) is 0 Å². The molecular weight excluding hydrogens is 220 g/mol. The summed E-state index contributed by atoms with van der Waals surface area (Å²) in [6.45, 7) is 8.20. The third-order valence-corrected chi connectivity index (χ3v) is 3.90. The Morgan fingerprint density at radius 1 is 1.17 bits per heavy atom. The van der Waals surface area contributed by atoms with Gasteiger partial charge in [0.2, 0.25) is 0 Å². The van der Waals surface area contributed by atoms with Crippen LogP contribution < -0.4 is 5.32 Å². The molecule has 2 heteroatoms. The molecule has 1 heterocycles. The molecule has 0 bridgehead atoms. The van der Waals surface area contributed by atoms with E-state index in [0.717, 1.165) is 6.54 Å². The molecule has 0 spiro atoms. The van der Waals surface area contributed by atoms with Crippen LogP contribution in [-0.4, -0.2) is 36.6 Å². The predicted molar refractivity (Wildman–Crippen MR) is 77.9 cm³/mol. The summed E-state index contributed by atoms with van der Waals surface area (Å²) in [4.78, 5) is 2.63. The van der Waals surface area contributed by atoms with Gasteiger partial charge in [-0.15, -0.1) is 0 Å². The average molecular weight is 246 g/mol. The zero-order valence-corrected chi connectivity index (χ0v) is 11.7. The fourth-order valence-corrected chi connectivity index (χ4v) is 2.70. The van der Waals surface area contributed by atoms with Crippen LogP contribution in [-0.2, 0) is 6.42 Å². The molecule has 1 N–H and O–H groups in total. The Balaban J connectivity index is 1.66. The minimum Gasteiger partial charge on any atom is -0.311 e. The normalized spacial score (nSPS) is 25.2. The molecule has 1 saturated heterocycles. The molecule has 0 aromatic heterocycles. The Hall–Kier alpha value is -0.860. The summed E-state index contributed by atoms with van der Waals surface area (Å²) in [7, 11) is 0. The van der Waals surface area contributed by atoms with Gasteiger partial charge in [0, 0.05) is 25.2 Å². The monoisotopic (exact) mass is 246 g/mol. The van der Waals surface area contributed by atoms with Gasteiger partial charge in [0.15, 0.2) is 0 Å². The number of rotatable bonds is 5. The molecule has 1 aliphatic rings. The standard InChI is InChI=1S/C16H26N2/c1-14-13-18(15(2)12-17-14)11-7-6-10-16-8-4-3-5-9-16/h3-5,8-9,14-15,17H,6-7,10-13H2,1-2H3. The summed E-state index contributed by atoms with van der Waals surface area (Å²) in [5.74, 6) is 0. The van der Waals surface area contributed by atoms with Gasteiger partial charge in [-0.25, -0.2) is 0 Å². The van der Waals surface area contributed by atoms with Crippen LogP contribution in [0.4, 0.5) is 0 Å². The van der Waals surface area contributed by atoms with Gasteiger partial charge < -0.3 is 5.32 Å². The number of benzene rings is 1. The van der Waals surface area contributed by atoms with Gasteiger partial charge in [-0.3, -0.25) is 4.90 Å². The first-order chi connectivity index (χ1) is 8.75. The molecule has 1 aromatic carbocycles. The van der Waals surface area contributed by atoms with Crippen LogP contribution in [0, 0.1) is 0 Å². The van der Waals surface area contributed by atoms with Crippen molar-refractivity contribution in [3.8, 4) is 0 Å². The number of piperazine rings is 1. The summed E-state index contributed by atoms with van der Waals surface area (Å²) < 4.78 is 0. The third kappa shape index (κ3) is 4.11. The number of hydrogen-bond acceptors (Lipinski definition) is 2. The average Bonchev–Trinajstić information content (AvgIpc) is 2.40. The lowest BCUT2D eigenvalue weighted by Gasteiger charge is -2.37. The highest BCUT2D eigenvalue weighted by Crippen LogP contribution is 2.10. The van der Waals surface area contributed by atoms with Gasteiger partial charge in [-0.2, -0.15) is 0 Å². The van der Waals surface area contributed by atoms with Crippen molar-refractivity contribution in [3.05, 3.63) is 35.9 Å². The number of unbranched alkanes of at least 4 members (excludes halogenated alkanes) is 1. The van der Waals surface area contributed by atoms with Crippen molar-refractivity contribution < 1.29 is 0 Å². The molecule has 2 unspecified atom stereocenters. The fourth-order valence-electron chi connectivity index (χ4n) is 2.70. The van der Waals surface area contributed by atoms with Crippen LogP contribution in [0.3, 0.4) is 0 Å². The van der Waals surface area contributed by atoms with Crippen molar-refractivity contribution >= 4 is 0 Å². The number of nitrogens with zero attached hydrogens (tertiary/aromatic N) is 1. The topological polar surface area (TPSA) is 15.3 Å². The second-order valence-electron chi connectivity index (χ2n) is 5.60. The summed E-state index contributed by atoms with van der Waals surface area (Å²) in [6.07, 6.45) is 3.83. The van der Waals surface area contributed by atoms with E-state index in [0.29, 0.717) is 12.1 Å². The predicted octanol–water partition coefficient (Wildman–Crippen LogP) is 2.69. The fraction of sp³-hybridized carbons (Fsp3) is 0.625. The molecule has 1 fully saturated rings. The van der Waals surface area contributed by atoms with Crippen molar-refractivity contribution in [3.63, 3.8) is 0 Å². The molecule has 0 aliphatic carbocycles. The van der Waals surface area contributed by atoms with Gasteiger partial charge in [0.1, 0.15) is 0 Å². The Kier molecular flexibility index (Phi) is 5.21. The van der Waals surface area contributed by atoms with Crippen LogP contribution >= 0.6 is 0 Å². The number of nitrogens with one attached hydrogen (secondary N) is 1. The first-order valence-corrected chi connectivity index (χ1v) is 7.27. The van der Waals surface area contributed by atoms with Crippen molar-refractivity contribution in [1.82, 2.24) is 10.2 Å². The maximum Gasteiger partial charge on any atom is 0.0193 e. The Labute approximate surface area is 111 Å². The van der Waals surface area contributed by atoms with E-state index in [1.54, 1.807) is 0 Å². The summed E-state index contributed by atoms with van der Waals surface area (Å²) in [6, 6.07) is 12.2. The lowest BCUT2D eigenvalue weighted by Crippen LogP contribution is -2.54. The highest BCUT2D eigenvalue weighted by Gasteiger charge is 2.21. The largest absolute Gasteiger partial charge is 0.311 e. The molecule has 2 atom stereocenters. The van der Waals surface area contributed by atoms with Crippen molar-refractivity contribution in [2.24, 2.45) is 0 Å². The Bertz CT molecular complexity index is 336. The van der Waals surface area contributed by atoms with Gasteiger partial charge >= 0.3 is 0 Å². The highest BCUT2D eigenvalue weighted by atomic mass is 15.2. The second-order valence-corrected chi connectivity index (χ2v) is 5.60. The van der Waals surface area contributed by atoms with Gasteiger partial charge in [-0.05, 0) is 45.2 Å². The smallest absolute Gasteiger partial charge is 0.0193 e. The van der Waals surface area contributed by atoms with Crippen LogP contribution in [0.15, 0.2) is 30.3 Å². The molecule has 2 rings (SSSR count). The molecular formula is C16H26N2. The van der Waals surface area contributed by atoms with E-state index in [2.05, 4.69) is 54.4 Å². The second kappa shape index (κ2) is 6.91. The van der Waals surface area contributed by atoms with Crippen LogP contribution in [0.2, 0.25) is 0 Å². The first kappa shape index (κ1) is 13.6. The van der Waals surface area contributed by atoms with Gasteiger partial charge in [0.25, 0.3) is 0 Å². The zero-order chi connectivity index (χ0) is 12.8. The highest BCUT2D eigenvalue weighted by molar-refractivity contribution is 5.14. The van der Waals surface area contributed by atoms with Crippen LogP contribution in [0.1, 0.15) is 32.3 Å². The maximum absolute atomic E-state index is 3.54. The Morgan fingerprint density at radius 3 is 2.72 bits per heavy atom. The maximum atomic E-state index is 3.54. The molecule has 100 valence electrons. The lowest BCUT2D eigenvalue weighted by molar-refractivity contribution is 0.144. The summed E-state index contributed by atoms with van der Waals surface area (Å²) >= 11 is 0. The van der Waals surface area contributed by atoms with E-state index >= 15 is 0 Å².